The van der Waals surface area contributed by atoms with Crippen molar-refractivity contribution in [1.29, 1.82) is 0 Å². The SMILES string of the molecule is CSC1(CC2=[C]([Ti+2])CC=C2)CC=C(C)C=C1C.[Cl-].[Cl-]. The van der Waals surface area contributed by atoms with Gasteiger partial charge in [-0.3, -0.25) is 0 Å². The van der Waals surface area contributed by atoms with Gasteiger partial charge in [-0.15, -0.1) is 0 Å². The van der Waals surface area contributed by atoms with Gasteiger partial charge in [-0.2, -0.15) is 0 Å². The second kappa shape index (κ2) is 8.15. The summed E-state index contributed by atoms with van der Waals surface area (Å²) in [6, 6.07) is 0. The maximum absolute atomic E-state index is 2.39. The van der Waals surface area contributed by atoms with Crippen LogP contribution in [0.5, 0.6) is 0 Å². The molecule has 4 heteroatoms. The summed E-state index contributed by atoms with van der Waals surface area (Å²) in [6.07, 6.45) is 15.1. The third-order valence-electron chi connectivity index (χ3n) is 3.81. The van der Waals surface area contributed by atoms with Gasteiger partial charge in [-0.25, -0.2) is 0 Å². The van der Waals surface area contributed by atoms with Crippen LogP contribution in [-0.4, -0.2) is 11.0 Å². The minimum absolute atomic E-state index is 0. The van der Waals surface area contributed by atoms with Crippen LogP contribution in [0.4, 0.5) is 0 Å². The first kappa shape index (κ1) is 19.6. The number of thioether (sulfide) groups is 1. The molecule has 0 heterocycles. The van der Waals surface area contributed by atoms with Crippen LogP contribution in [0.15, 0.2) is 44.9 Å². The summed E-state index contributed by atoms with van der Waals surface area (Å²) in [5, 5.41) is 0. The van der Waals surface area contributed by atoms with Gasteiger partial charge in [0.25, 0.3) is 0 Å². The second-order valence-electron chi connectivity index (χ2n) is 4.97. The van der Waals surface area contributed by atoms with Gasteiger partial charge in [0.1, 0.15) is 0 Å². The van der Waals surface area contributed by atoms with Crippen molar-refractivity contribution in [1.82, 2.24) is 0 Å². The van der Waals surface area contributed by atoms with Gasteiger partial charge in [-0.05, 0) is 0 Å². The van der Waals surface area contributed by atoms with Crippen LogP contribution in [0.2, 0.25) is 0 Å². The molecule has 0 aliphatic heterocycles. The first-order chi connectivity index (χ1) is 8.07. The molecule has 0 saturated heterocycles. The molecule has 0 N–H and O–H groups in total. The van der Waals surface area contributed by atoms with Gasteiger partial charge in [0.15, 0.2) is 0 Å². The average molecular weight is 350 g/mol. The summed E-state index contributed by atoms with van der Waals surface area (Å²) in [7, 11) is 0. The largest absolute Gasteiger partial charge is 1.00 e. The summed E-state index contributed by atoms with van der Waals surface area (Å²) in [6.45, 7) is 4.50. The first-order valence-corrected chi connectivity index (χ1v) is 8.09. The van der Waals surface area contributed by atoms with Crippen molar-refractivity contribution in [2.45, 2.75) is 37.9 Å². The van der Waals surface area contributed by atoms with Crippen LogP contribution in [0, 0.1) is 0 Å². The zero-order valence-corrected chi connectivity index (χ0v) is 15.5. The van der Waals surface area contributed by atoms with E-state index in [-0.39, 0.29) is 24.8 Å². The molecule has 0 spiro atoms. The Morgan fingerprint density at radius 2 is 2.00 bits per heavy atom. The average Bonchev–Trinajstić information content (AvgIpc) is 2.69. The topological polar surface area (TPSA) is 0 Å². The molecule has 0 aromatic heterocycles. The van der Waals surface area contributed by atoms with Crippen molar-refractivity contribution in [2.24, 2.45) is 0 Å². The van der Waals surface area contributed by atoms with E-state index in [1.807, 2.05) is 11.8 Å². The van der Waals surface area contributed by atoms with E-state index >= 15 is 0 Å². The first-order valence-electron chi connectivity index (χ1n) is 6.08. The Bertz CT molecular complexity index is 449. The number of hydrogen-bond acceptors (Lipinski definition) is 1. The summed E-state index contributed by atoms with van der Waals surface area (Å²) in [4.78, 5) is 0. The van der Waals surface area contributed by atoms with E-state index in [4.69, 9.17) is 0 Å². The molecule has 2 aliphatic carbocycles. The fourth-order valence-corrected chi connectivity index (χ4v) is 3.95. The number of hydrogen-bond donors (Lipinski definition) is 0. The summed E-state index contributed by atoms with van der Waals surface area (Å²) in [5.74, 6) is 0. The van der Waals surface area contributed by atoms with Gasteiger partial charge in [0, 0.05) is 0 Å². The van der Waals surface area contributed by atoms with Crippen molar-refractivity contribution in [2.75, 3.05) is 6.26 Å². The fraction of sp³-hybridized carbons (Fsp3) is 0.467. The smallest absolute Gasteiger partial charge is 1.00 e. The number of rotatable bonds is 3. The van der Waals surface area contributed by atoms with E-state index in [9.17, 15) is 0 Å². The zero-order valence-electron chi connectivity index (χ0n) is 11.6. The normalized spacial score (nSPS) is 25.5. The van der Waals surface area contributed by atoms with Gasteiger partial charge >= 0.3 is 121 Å². The molecule has 103 valence electrons. The van der Waals surface area contributed by atoms with Crippen LogP contribution in [-0.2, 0) is 20.4 Å². The molecule has 1 unspecified atom stereocenters. The molecule has 0 aromatic rings. The molecule has 0 saturated carbocycles. The van der Waals surface area contributed by atoms with Crippen molar-refractivity contribution >= 4 is 11.8 Å². The molecule has 0 fully saturated rings. The molecule has 0 nitrogen and oxygen atoms in total. The summed E-state index contributed by atoms with van der Waals surface area (Å²) < 4.78 is 1.85. The predicted octanol–water partition coefficient (Wildman–Crippen LogP) is -1.46. The minimum atomic E-state index is 0. The van der Waals surface area contributed by atoms with Crippen molar-refractivity contribution < 1.29 is 45.2 Å². The summed E-state index contributed by atoms with van der Waals surface area (Å²) >= 11 is 4.28. The fourth-order valence-electron chi connectivity index (χ4n) is 2.57. The number of halogens is 2. The van der Waals surface area contributed by atoms with Gasteiger partial charge in [-0.1, -0.05) is 0 Å². The molecule has 2 aliphatic rings. The third-order valence-corrected chi connectivity index (χ3v) is 6.05. The van der Waals surface area contributed by atoms with Gasteiger partial charge < -0.3 is 24.8 Å². The van der Waals surface area contributed by atoms with Crippen LogP contribution in [0.1, 0.15) is 33.1 Å². The van der Waals surface area contributed by atoms with Crippen molar-refractivity contribution in [3.8, 4) is 0 Å². The Balaban J connectivity index is 0.00000162. The van der Waals surface area contributed by atoms with Crippen LogP contribution >= 0.6 is 11.8 Å². The van der Waals surface area contributed by atoms with Crippen LogP contribution in [0.25, 0.3) is 0 Å². The third kappa shape index (κ3) is 4.28. The Labute approximate surface area is 145 Å². The van der Waals surface area contributed by atoms with Crippen LogP contribution < -0.4 is 24.8 Å². The predicted molar refractivity (Wildman–Crippen MR) is 73.8 cm³/mol. The molecule has 0 aromatic carbocycles. The van der Waals surface area contributed by atoms with Crippen molar-refractivity contribution in [3.05, 3.63) is 44.9 Å². The zero-order chi connectivity index (χ0) is 12.5. The monoisotopic (exact) mass is 349 g/mol. The van der Waals surface area contributed by atoms with E-state index in [2.05, 4.69) is 64.8 Å². The molecule has 0 amide bonds. The molecule has 0 bridgehead atoms. The Morgan fingerprint density at radius 3 is 2.47 bits per heavy atom. The van der Waals surface area contributed by atoms with Crippen LogP contribution in [0.3, 0.4) is 0 Å². The maximum Gasteiger partial charge on any atom is -1.00 e. The Hall–Kier alpha value is 0.604. The van der Waals surface area contributed by atoms with E-state index in [0.29, 0.717) is 4.75 Å². The van der Waals surface area contributed by atoms with Gasteiger partial charge in [0.2, 0.25) is 0 Å². The molecular weight excluding hydrogens is 331 g/mol. The Morgan fingerprint density at radius 1 is 1.32 bits per heavy atom. The summed E-state index contributed by atoms with van der Waals surface area (Å²) in [5.41, 5.74) is 4.51. The molecule has 1 atom stereocenters. The van der Waals surface area contributed by atoms with E-state index in [1.165, 1.54) is 24.0 Å². The van der Waals surface area contributed by atoms with E-state index in [1.54, 1.807) is 9.45 Å². The maximum atomic E-state index is 2.39. The van der Waals surface area contributed by atoms with Gasteiger partial charge in [0.05, 0.1) is 0 Å². The molecule has 19 heavy (non-hydrogen) atoms. The quantitative estimate of drug-likeness (QED) is 0.561. The minimum Gasteiger partial charge on any atom is -1.00 e. The molecule has 0 radical (unpaired) electrons. The van der Waals surface area contributed by atoms with E-state index in [0.717, 1.165) is 6.42 Å². The van der Waals surface area contributed by atoms with E-state index < -0.39 is 0 Å². The van der Waals surface area contributed by atoms with Crippen molar-refractivity contribution in [3.63, 3.8) is 0 Å². The number of allylic oxidation sites excluding steroid dienone is 7. The second-order valence-corrected chi connectivity index (χ2v) is 7.10. The molecule has 2 rings (SSSR count). The standard InChI is InChI=1S/C15H19S.2ClH.Ti/c1-12-8-9-15(16-3,13(2)10-12)11-14-6-4-5-7-14;;;/h4,6,8,10H,5,9,11H2,1-3H3;2*1H;/q;;;+2/p-2. The Kier molecular flexibility index (Phi) is 8.41. The molecular formula is C15H19Cl2STi.